The van der Waals surface area contributed by atoms with E-state index in [9.17, 15) is 19.8 Å². The topological polar surface area (TPSA) is 112 Å². The molecule has 3 rings (SSSR count). The molecule has 0 unspecified atom stereocenters. The summed E-state index contributed by atoms with van der Waals surface area (Å²) >= 11 is 1.59. The molecule has 214 valence electrons. The van der Waals surface area contributed by atoms with Crippen LogP contribution in [0.1, 0.15) is 84.3 Å². The fourth-order valence-corrected chi connectivity index (χ4v) is 6.22. The van der Waals surface area contributed by atoms with Crippen LogP contribution in [0.4, 0.5) is 0 Å². The van der Waals surface area contributed by atoms with E-state index in [1.54, 1.807) is 32.1 Å². The van der Waals surface area contributed by atoms with Gasteiger partial charge in [0.2, 0.25) is 0 Å². The lowest BCUT2D eigenvalue weighted by Crippen LogP contribution is -2.45. The predicted octanol–water partition coefficient (Wildman–Crippen LogP) is 4.23. The molecule has 0 saturated carbocycles. The van der Waals surface area contributed by atoms with Crippen LogP contribution in [-0.4, -0.2) is 76.0 Å². The van der Waals surface area contributed by atoms with Crippen molar-refractivity contribution in [1.82, 2.24) is 9.88 Å². The maximum atomic E-state index is 13.3. The number of hydrogen-bond donors (Lipinski definition) is 2. The quantitative estimate of drug-likeness (QED) is 0.423. The molecule has 0 amide bonds. The minimum atomic E-state index is -1.24. The maximum Gasteiger partial charge on any atom is 0.309 e. The Morgan fingerprint density at radius 2 is 1.92 bits per heavy atom. The number of thiazole rings is 1. The summed E-state index contributed by atoms with van der Waals surface area (Å²) in [5, 5.41) is 24.8. The van der Waals surface area contributed by atoms with Gasteiger partial charge in [-0.05, 0) is 58.4 Å². The van der Waals surface area contributed by atoms with Crippen molar-refractivity contribution in [3.8, 4) is 0 Å². The Morgan fingerprint density at radius 3 is 2.58 bits per heavy atom. The Labute approximate surface area is 231 Å². The molecular formula is C29H46N2O6S. The number of Topliss-reactive ketones (excluding diaryl/α,β-unsaturated/α-hetero) is 1. The van der Waals surface area contributed by atoms with E-state index in [0.717, 1.165) is 42.1 Å². The molecule has 7 atom stereocenters. The van der Waals surface area contributed by atoms with Crippen LogP contribution >= 0.6 is 11.3 Å². The van der Waals surface area contributed by atoms with Gasteiger partial charge in [0.15, 0.2) is 0 Å². The summed E-state index contributed by atoms with van der Waals surface area (Å²) in [5.74, 6) is -1.56. The number of esters is 1. The lowest BCUT2D eigenvalue weighted by molar-refractivity contribution is -0.154. The summed E-state index contributed by atoms with van der Waals surface area (Å²) in [7, 11) is 4.00. The summed E-state index contributed by atoms with van der Waals surface area (Å²) in [5.41, 5.74) is 0.155. The van der Waals surface area contributed by atoms with Crippen molar-refractivity contribution in [3.63, 3.8) is 0 Å². The van der Waals surface area contributed by atoms with Crippen molar-refractivity contribution < 1.29 is 29.3 Å². The van der Waals surface area contributed by atoms with E-state index in [1.165, 1.54) is 0 Å². The number of nitrogens with zero attached hydrogens (tertiary/aromatic N) is 2. The van der Waals surface area contributed by atoms with Crippen LogP contribution in [0.2, 0.25) is 0 Å². The van der Waals surface area contributed by atoms with Gasteiger partial charge in [0.05, 0.1) is 41.4 Å². The molecule has 1 aromatic rings. The Kier molecular flexibility index (Phi) is 9.96. The molecule has 0 radical (unpaired) electrons. The largest absolute Gasteiger partial charge is 0.458 e. The number of hydrogen-bond acceptors (Lipinski definition) is 9. The van der Waals surface area contributed by atoms with Gasteiger partial charge in [-0.3, -0.25) is 9.59 Å². The molecule has 3 heterocycles. The van der Waals surface area contributed by atoms with Crippen LogP contribution in [0.5, 0.6) is 0 Å². The monoisotopic (exact) mass is 550 g/mol. The lowest BCUT2D eigenvalue weighted by Gasteiger charge is -2.34. The maximum absolute atomic E-state index is 13.3. The standard InChI is InChI=1S/C29H46N2O6S/c1-17-10-9-11-29(6)23(37-29)13-21(18(2)12-20-16-38-24(30-20)15-31(7)8)36-25(33)14-22(32)28(4,5)27(35)19(3)26(17)34/h12,16-17,19,21-23,26,32,34H,9-11,13-15H2,1-8H3/b18-12+/t17-,19+,21-,22-,23-,26-,29+/m0/s1. The highest BCUT2D eigenvalue weighted by molar-refractivity contribution is 7.09. The molecule has 2 fully saturated rings. The van der Waals surface area contributed by atoms with Crippen LogP contribution in [-0.2, 0) is 25.6 Å². The van der Waals surface area contributed by atoms with E-state index in [-0.39, 0.29) is 29.8 Å². The summed E-state index contributed by atoms with van der Waals surface area (Å²) in [6.07, 6.45) is 1.93. The molecule has 0 aromatic carbocycles. The third-order valence-corrected chi connectivity index (χ3v) is 9.16. The summed E-state index contributed by atoms with van der Waals surface area (Å²) in [4.78, 5) is 33.1. The number of cyclic esters (lactones) is 1. The normalized spacial score (nSPS) is 35.6. The summed E-state index contributed by atoms with van der Waals surface area (Å²) < 4.78 is 12.0. The first-order valence-electron chi connectivity index (χ1n) is 13.7. The number of ketones is 1. The minimum Gasteiger partial charge on any atom is -0.458 e. The van der Waals surface area contributed by atoms with Gasteiger partial charge in [-0.2, -0.15) is 0 Å². The lowest BCUT2D eigenvalue weighted by atomic mass is 9.73. The number of aromatic nitrogens is 1. The first-order valence-corrected chi connectivity index (χ1v) is 14.6. The number of carbonyl (C=O) groups is 2. The van der Waals surface area contributed by atoms with Crippen molar-refractivity contribution in [3.05, 3.63) is 21.7 Å². The minimum absolute atomic E-state index is 0.0570. The zero-order valence-electron chi connectivity index (χ0n) is 24.2. The fraction of sp³-hybridized carbons (Fsp3) is 0.759. The fourth-order valence-electron chi connectivity index (χ4n) is 5.35. The van der Waals surface area contributed by atoms with E-state index < -0.39 is 35.6 Å². The van der Waals surface area contributed by atoms with Crippen LogP contribution in [0.15, 0.2) is 11.0 Å². The molecule has 0 spiro atoms. The first-order chi connectivity index (χ1) is 17.6. The molecule has 2 saturated heterocycles. The zero-order chi connectivity index (χ0) is 28.4. The second kappa shape index (κ2) is 12.3. The molecule has 2 aliphatic rings. The van der Waals surface area contributed by atoms with Gasteiger partial charge in [0.25, 0.3) is 0 Å². The molecule has 38 heavy (non-hydrogen) atoms. The molecule has 0 bridgehead atoms. The Morgan fingerprint density at radius 1 is 1.24 bits per heavy atom. The smallest absolute Gasteiger partial charge is 0.309 e. The van der Waals surface area contributed by atoms with Gasteiger partial charge in [-0.25, -0.2) is 4.98 Å². The van der Waals surface area contributed by atoms with E-state index in [4.69, 9.17) is 9.47 Å². The van der Waals surface area contributed by atoms with E-state index in [0.29, 0.717) is 6.42 Å². The highest BCUT2D eigenvalue weighted by Gasteiger charge is 2.53. The van der Waals surface area contributed by atoms with Gasteiger partial charge < -0.3 is 24.6 Å². The molecule has 8 nitrogen and oxygen atoms in total. The van der Waals surface area contributed by atoms with Crippen LogP contribution in [0.25, 0.3) is 6.08 Å². The zero-order valence-corrected chi connectivity index (χ0v) is 25.0. The van der Waals surface area contributed by atoms with Crippen LogP contribution in [0, 0.1) is 17.3 Å². The number of aliphatic hydroxyl groups is 2. The number of epoxide rings is 1. The summed E-state index contributed by atoms with van der Waals surface area (Å²) in [6.45, 7) is 11.7. The Balaban J connectivity index is 1.84. The van der Waals surface area contributed by atoms with Crippen molar-refractivity contribution in [2.75, 3.05) is 14.1 Å². The van der Waals surface area contributed by atoms with Gasteiger partial charge in [-0.15, -0.1) is 11.3 Å². The van der Waals surface area contributed by atoms with E-state index in [1.807, 2.05) is 39.4 Å². The van der Waals surface area contributed by atoms with E-state index in [2.05, 4.69) is 16.8 Å². The second-order valence-corrected chi connectivity index (χ2v) is 13.3. The van der Waals surface area contributed by atoms with Crippen LogP contribution < -0.4 is 0 Å². The number of aliphatic hydroxyl groups excluding tert-OH is 2. The van der Waals surface area contributed by atoms with Gasteiger partial charge in [0, 0.05) is 24.3 Å². The highest BCUT2D eigenvalue weighted by Crippen LogP contribution is 2.45. The summed E-state index contributed by atoms with van der Waals surface area (Å²) in [6, 6.07) is 0. The third kappa shape index (κ3) is 7.50. The average Bonchev–Trinajstić information content (AvgIpc) is 3.24. The molecule has 1 aromatic heterocycles. The van der Waals surface area contributed by atoms with Crippen LogP contribution in [0.3, 0.4) is 0 Å². The number of rotatable bonds is 4. The molecular weight excluding hydrogens is 504 g/mol. The Hall–Kier alpha value is -1.65. The first kappa shape index (κ1) is 30.9. The predicted molar refractivity (Wildman–Crippen MR) is 149 cm³/mol. The van der Waals surface area contributed by atoms with Crippen molar-refractivity contribution in [2.24, 2.45) is 17.3 Å². The van der Waals surface area contributed by atoms with E-state index >= 15 is 0 Å². The molecule has 0 aliphatic carbocycles. The third-order valence-electron chi connectivity index (χ3n) is 8.31. The van der Waals surface area contributed by atoms with Gasteiger partial charge in [0.1, 0.15) is 16.9 Å². The number of fused-ring (bicyclic) bond motifs is 1. The van der Waals surface area contributed by atoms with Crippen molar-refractivity contribution >= 4 is 29.2 Å². The van der Waals surface area contributed by atoms with Gasteiger partial charge >= 0.3 is 5.97 Å². The molecule has 2 aliphatic heterocycles. The van der Waals surface area contributed by atoms with Crippen molar-refractivity contribution in [2.45, 2.75) is 110 Å². The SMILES string of the molecule is C/C(=C\c1csc(CN(C)C)n1)[C@@H]1C[C@@H]2O[C@]2(C)CCC[C@H](C)[C@H](O)[C@@H](C)C(=O)C(C)(C)[C@@H](O)CC(=O)O1. The second-order valence-electron chi connectivity index (χ2n) is 12.4. The molecule has 2 N–H and O–H groups in total. The highest BCUT2D eigenvalue weighted by atomic mass is 32.1. The Bertz CT molecular complexity index is 1020. The van der Waals surface area contributed by atoms with Gasteiger partial charge in [-0.1, -0.05) is 34.1 Å². The number of ether oxygens (including phenoxy) is 2. The number of carbonyl (C=O) groups excluding carboxylic acids is 2. The average molecular weight is 551 g/mol. The van der Waals surface area contributed by atoms with Crippen molar-refractivity contribution in [1.29, 1.82) is 0 Å². The molecule has 9 heteroatoms.